The molecule has 0 radical (unpaired) electrons. The molecule has 21 heavy (non-hydrogen) atoms. The van der Waals surface area contributed by atoms with Crippen LogP contribution in [0.2, 0.25) is 5.02 Å². The van der Waals surface area contributed by atoms with E-state index in [1.54, 1.807) is 12.4 Å². The van der Waals surface area contributed by atoms with Crippen molar-refractivity contribution >= 4 is 28.9 Å². The minimum Gasteiger partial charge on any atom is -0.382 e. The van der Waals surface area contributed by atoms with Crippen molar-refractivity contribution < 1.29 is 0 Å². The van der Waals surface area contributed by atoms with Crippen LogP contribution >= 0.6 is 11.6 Å². The zero-order chi connectivity index (χ0) is 15.0. The Kier molecular flexibility index (Phi) is 3.43. The Bertz CT molecular complexity index is 765. The molecule has 3 rings (SSSR count). The Morgan fingerprint density at radius 1 is 1.29 bits per heavy atom. The highest BCUT2D eigenvalue weighted by Crippen LogP contribution is 2.27. The number of nitrogens with two attached hydrogens (primary N) is 1. The summed E-state index contributed by atoms with van der Waals surface area (Å²) in [5, 5.41) is 0.728. The Balaban J connectivity index is 2.01. The lowest BCUT2D eigenvalue weighted by molar-refractivity contribution is 0.729. The second-order valence-electron chi connectivity index (χ2n) is 4.99. The van der Waals surface area contributed by atoms with E-state index >= 15 is 0 Å². The second kappa shape index (κ2) is 5.26. The molecule has 0 bridgehead atoms. The highest BCUT2D eigenvalue weighted by molar-refractivity contribution is 6.30. The predicted octanol–water partition coefficient (Wildman–Crippen LogP) is 3.16. The lowest BCUT2D eigenvalue weighted by atomic mass is 10.1. The van der Waals surface area contributed by atoms with Crippen LogP contribution in [0, 0.1) is 0 Å². The summed E-state index contributed by atoms with van der Waals surface area (Å²) in [6.45, 7) is 2.10. The van der Waals surface area contributed by atoms with Crippen molar-refractivity contribution in [2.24, 2.45) is 0 Å². The number of nitrogen functional groups attached to an aromatic ring is 1. The Morgan fingerprint density at radius 3 is 2.71 bits per heavy atom. The van der Waals surface area contributed by atoms with Gasteiger partial charge in [0, 0.05) is 24.5 Å². The lowest BCUT2D eigenvalue weighted by Gasteiger charge is -2.26. The number of halogens is 1. The Labute approximate surface area is 128 Å². The normalized spacial score (nSPS) is 12.5. The number of hydrogen-bond acceptors (Lipinski definition) is 4. The van der Waals surface area contributed by atoms with Gasteiger partial charge < -0.3 is 15.0 Å². The van der Waals surface area contributed by atoms with Crippen molar-refractivity contribution in [1.29, 1.82) is 0 Å². The van der Waals surface area contributed by atoms with E-state index in [0.29, 0.717) is 5.82 Å². The maximum Gasteiger partial charge on any atom is 0.180 e. The summed E-state index contributed by atoms with van der Waals surface area (Å²) in [6.07, 6.45) is 5.35. The van der Waals surface area contributed by atoms with Crippen LogP contribution in [0.4, 0.5) is 11.6 Å². The van der Waals surface area contributed by atoms with Gasteiger partial charge in [0.1, 0.15) is 5.82 Å². The van der Waals surface area contributed by atoms with E-state index in [1.165, 1.54) is 0 Å². The molecule has 2 heterocycles. The molecule has 0 fully saturated rings. The minimum absolute atomic E-state index is 0.122. The van der Waals surface area contributed by atoms with Crippen LogP contribution in [0.15, 0.2) is 42.9 Å². The van der Waals surface area contributed by atoms with E-state index in [0.717, 1.165) is 22.1 Å². The third kappa shape index (κ3) is 2.52. The van der Waals surface area contributed by atoms with Gasteiger partial charge in [-0.3, -0.25) is 0 Å². The first kappa shape index (κ1) is 13.7. The zero-order valence-electron chi connectivity index (χ0n) is 11.9. The quantitative estimate of drug-likeness (QED) is 0.807. The fourth-order valence-electron chi connectivity index (χ4n) is 2.32. The monoisotopic (exact) mass is 301 g/mol. The number of aromatic nitrogens is 3. The minimum atomic E-state index is 0.122. The number of hydrogen-bond donors (Lipinski definition) is 1. The molecule has 0 saturated heterocycles. The Morgan fingerprint density at radius 2 is 2.00 bits per heavy atom. The molecule has 0 saturated carbocycles. The molecule has 0 aliphatic rings. The van der Waals surface area contributed by atoms with Crippen molar-refractivity contribution in [2.75, 3.05) is 17.7 Å². The third-order valence-electron chi connectivity index (χ3n) is 3.64. The fourth-order valence-corrected chi connectivity index (χ4v) is 2.44. The Hall–Kier alpha value is -2.27. The van der Waals surface area contributed by atoms with Gasteiger partial charge in [-0.1, -0.05) is 23.7 Å². The van der Waals surface area contributed by atoms with Crippen molar-refractivity contribution in [2.45, 2.75) is 13.0 Å². The molecule has 0 aliphatic heterocycles. The highest BCUT2D eigenvalue weighted by atomic mass is 35.5. The SMILES string of the molecule is CC(c1ccc(Cl)cc1)N(C)c1nc(N)cn2ccnc12. The largest absolute Gasteiger partial charge is 0.382 e. The summed E-state index contributed by atoms with van der Waals surface area (Å²) < 4.78 is 1.88. The highest BCUT2D eigenvalue weighted by Gasteiger charge is 2.17. The van der Waals surface area contributed by atoms with E-state index < -0.39 is 0 Å². The molecule has 3 aromatic rings. The summed E-state index contributed by atoms with van der Waals surface area (Å²) in [5.41, 5.74) is 7.81. The van der Waals surface area contributed by atoms with Gasteiger partial charge in [-0.2, -0.15) is 0 Å². The molecule has 0 spiro atoms. The standard InChI is InChI=1S/C15H16ClN5/c1-10(11-3-5-12(16)6-4-11)20(2)15-14-18-7-8-21(14)9-13(17)19-15/h3-10H,17H2,1-2H3. The average Bonchev–Trinajstić information content (AvgIpc) is 2.93. The average molecular weight is 302 g/mol. The maximum absolute atomic E-state index is 5.94. The molecule has 1 unspecified atom stereocenters. The number of rotatable bonds is 3. The van der Waals surface area contributed by atoms with Gasteiger partial charge >= 0.3 is 0 Å². The molecule has 0 amide bonds. The molecule has 6 heteroatoms. The van der Waals surface area contributed by atoms with Crippen LogP contribution in [0.1, 0.15) is 18.5 Å². The van der Waals surface area contributed by atoms with Gasteiger partial charge in [-0.25, -0.2) is 9.97 Å². The smallest absolute Gasteiger partial charge is 0.180 e. The van der Waals surface area contributed by atoms with Crippen molar-refractivity contribution in [3.63, 3.8) is 0 Å². The van der Waals surface area contributed by atoms with Gasteiger partial charge in [0.15, 0.2) is 11.5 Å². The number of nitrogens with zero attached hydrogens (tertiary/aromatic N) is 4. The summed E-state index contributed by atoms with van der Waals surface area (Å²) in [6, 6.07) is 7.92. The van der Waals surface area contributed by atoms with E-state index in [1.807, 2.05) is 41.9 Å². The van der Waals surface area contributed by atoms with Crippen LogP contribution in [0.25, 0.3) is 5.65 Å². The van der Waals surface area contributed by atoms with E-state index in [-0.39, 0.29) is 6.04 Å². The third-order valence-corrected chi connectivity index (χ3v) is 3.89. The number of fused-ring (bicyclic) bond motifs is 1. The molecule has 1 atom stereocenters. The molecular weight excluding hydrogens is 286 g/mol. The van der Waals surface area contributed by atoms with Crippen LogP contribution in [-0.2, 0) is 0 Å². The first-order chi connectivity index (χ1) is 10.1. The van der Waals surface area contributed by atoms with Crippen LogP contribution < -0.4 is 10.6 Å². The van der Waals surface area contributed by atoms with Crippen LogP contribution in [0.5, 0.6) is 0 Å². The second-order valence-corrected chi connectivity index (χ2v) is 5.42. The zero-order valence-corrected chi connectivity index (χ0v) is 12.6. The first-order valence-electron chi connectivity index (χ1n) is 6.64. The molecule has 2 N–H and O–H groups in total. The first-order valence-corrected chi connectivity index (χ1v) is 7.01. The molecule has 5 nitrogen and oxygen atoms in total. The number of benzene rings is 1. The number of imidazole rings is 1. The van der Waals surface area contributed by atoms with E-state index in [2.05, 4.69) is 21.8 Å². The summed E-state index contributed by atoms with van der Waals surface area (Å²) in [7, 11) is 1.98. The lowest BCUT2D eigenvalue weighted by Crippen LogP contribution is -2.23. The molecule has 108 valence electrons. The molecule has 0 aliphatic carbocycles. The van der Waals surface area contributed by atoms with Crippen molar-refractivity contribution in [1.82, 2.24) is 14.4 Å². The summed E-state index contributed by atoms with van der Waals surface area (Å²) >= 11 is 5.94. The fraction of sp³-hybridized carbons (Fsp3) is 0.200. The summed E-state index contributed by atoms with van der Waals surface area (Å²) in [5.74, 6) is 1.22. The van der Waals surface area contributed by atoms with Crippen molar-refractivity contribution in [3.8, 4) is 0 Å². The molecular formula is C15H16ClN5. The van der Waals surface area contributed by atoms with Gasteiger partial charge in [-0.15, -0.1) is 0 Å². The van der Waals surface area contributed by atoms with E-state index in [9.17, 15) is 0 Å². The van der Waals surface area contributed by atoms with Crippen LogP contribution in [-0.4, -0.2) is 21.4 Å². The number of anilines is 2. The predicted molar refractivity (Wildman–Crippen MR) is 85.7 cm³/mol. The molecule has 1 aromatic carbocycles. The van der Waals surface area contributed by atoms with Gasteiger partial charge in [0.2, 0.25) is 0 Å². The maximum atomic E-state index is 5.94. The summed E-state index contributed by atoms with van der Waals surface area (Å²) in [4.78, 5) is 10.8. The van der Waals surface area contributed by atoms with E-state index in [4.69, 9.17) is 17.3 Å². The van der Waals surface area contributed by atoms with Gasteiger partial charge in [0.05, 0.1) is 12.2 Å². The van der Waals surface area contributed by atoms with Crippen molar-refractivity contribution in [3.05, 3.63) is 53.4 Å². The topological polar surface area (TPSA) is 59.5 Å². The van der Waals surface area contributed by atoms with Crippen LogP contribution in [0.3, 0.4) is 0 Å². The van der Waals surface area contributed by atoms with Gasteiger partial charge in [-0.05, 0) is 24.6 Å². The molecule has 2 aromatic heterocycles. The van der Waals surface area contributed by atoms with Gasteiger partial charge in [0.25, 0.3) is 0 Å².